The summed E-state index contributed by atoms with van der Waals surface area (Å²) in [7, 11) is 0. The fourth-order valence-corrected chi connectivity index (χ4v) is 3.38. The molecule has 31 heavy (non-hydrogen) atoms. The molecule has 1 aromatic heterocycles. The predicted octanol–water partition coefficient (Wildman–Crippen LogP) is 4.26. The van der Waals surface area contributed by atoms with E-state index in [1.165, 1.54) is 34.9 Å². The molecule has 10 heteroatoms. The predicted molar refractivity (Wildman–Crippen MR) is 102 cm³/mol. The summed E-state index contributed by atoms with van der Waals surface area (Å²) in [6.45, 7) is -0.308. The lowest BCUT2D eigenvalue weighted by Crippen LogP contribution is -2.33. The van der Waals surface area contributed by atoms with E-state index in [0.29, 0.717) is 22.9 Å². The Morgan fingerprint density at radius 2 is 1.90 bits per heavy atom. The second-order valence-corrected chi connectivity index (χ2v) is 7.19. The van der Waals surface area contributed by atoms with Crippen LogP contribution in [0.15, 0.2) is 48.5 Å². The average molecular weight is 434 g/mol. The summed E-state index contributed by atoms with van der Waals surface area (Å²) in [5.74, 6) is -0.732. The fourth-order valence-electron chi connectivity index (χ4n) is 3.38. The molecular weight excluding hydrogens is 416 g/mol. The molecule has 1 amide bonds. The van der Waals surface area contributed by atoms with Gasteiger partial charge in [-0.1, -0.05) is 6.07 Å². The van der Waals surface area contributed by atoms with Gasteiger partial charge in [-0.15, -0.1) is 10.2 Å². The summed E-state index contributed by atoms with van der Waals surface area (Å²) in [6.07, 6.45) is -4.11. The minimum atomic E-state index is -4.28. The molecule has 162 valence electrons. The standard InChI is InChI=1S/C21H18F4N4O2/c22-15-5-7-16(8-6-15)31-17-3-1-2-13(10-17)20(30)26-11-19-28-27-18-9-4-14(12-29(18)19)21(23,24)25/h1-3,5-8,10,14H,4,9,11-12H2,(H,26,30)/t14-/m1/s1. The highest BCUT2D eigenvalue weighted by atomic mass is 19.4. The van der Waals surface area contributed by atoms with E-state index in [-0.39, 0.29) is 31.8 Å². The van der Waals surface area contributed by atoms with Crippen molar-refractivity contribution in [1.82, 2.24) is 20.1 Å². The molecule has 0 spiro atoms. The number of rotatable bonds is 5. The Bertz CT molecular complexity index is 1080. The van der Waals surface area contributed by atoms with Crippen LogP contribution in [0.4, 0.5) is 17.6 Å². The van der Waals surface area contributed by atoms with Crippen molar-refractivity contribution in [3.05, 3.63) is 71.6 Å². The number of carbonyl (C=O) groups excluding carboxylic acids is 1. The first-order valence-corrected chi connectivity index (χ1v) is 9.59. The molecule has 0 radical (unpaired) electrons. The first kappa shape index (κ1) is 20.8. The van der Waals surface area contributed by atoms with Crippen LogP contribution in [-0.4, -0.2) is 26.8 Å². The molecule has 1 N–H and O–H groups in total. The topological polar surface area (TPSA) is 69.0 Å². The molecule has 4 rings (SSSR count). The van der Waals surface area contributed by atoms with Crippen LogP contribution in [0.2, 0.25) is 0 Å². The van der Waals surface area contributed by atoms with Gasteiger partial charge in [-0.25, -0.2) is 4.39 Å². The Balaban J connectivity index is 1.41. The third-order valence-corrected chi connectivity index (χ3v) is 5.04. The third kappa shape index (κ3) is 4.84. The van der Waals surface area contributed by atoms with Gasteiger partial charge in [0.15, 0.2) is 5.82 Å². The highest BCUT2D eigenvalue weighted by molar-refractivity contribution is 5.94. The molecular formula is C21H18F4N4O2. The lowest BCUT2D eigenvalue weighted by Gasteiger charge is -2.26. The highest BCUT2D eigenvalue weighted by Crippen LogP contribution is 2.34. The Hall–Kier alpha value is -3.43. The van der Waals surface area contributed by atoms with Crippen molar-refractivity contribution >= 4 is 5.91 Å². The van der Waals surface area contributed by atoms with E-state index in [4.69, 9.17) is 4.74 Å². The maximum absolute atomic E-state index is 13.1. The number of nitrogens with one attached hydrogen (secondary N) is 1. The van der Waals surface area contributed by atoms with E-state index < -0.39 is 23.8 Å². The van der Waals surface area contributed by atoms with Crippen molar-refractivity contribution in [1.29, 1.82) is 0 Å². The van der Waals surface area contributed by atoms with Crippen molar-refractivity contribution in [3.8, 4) is 11.5 Å². The van der Waals surface area contributed by atoms with E-state index in [2.05, 4.69) is 15.5 Å². The molecule has 1 aliphatic heterocycles. The molecule has 3 aromatic rings. The second-order valence-electron chi connectivity index (χ2n) is 7.19. The van der Waals surface area contributed by atoms with Crippen LogP contribution in [0.25, 0.3) is 0 Å². The number of ether oxygens (including phenoxy) is 1. The third-order valence-electron chi connectivity index (χ3n) is 5.04. The van der Waals surface area contributed by atoms with Crippen molar-refractivity contribution < 1.29 is 27.1 Å². The van der Waals surface area contributed by atoms with Crippen molar-refractivity contribution in [2.75, 3.05) is 0 Å². The van der Waals surface area contributed by atoms with Gasteiger partial charge in [0.05, 0.1) is 12.5 Å². The summed E-state index contributed by atoms with van der Waals surface area (Å²) in [6, 6.07) is 11.8. The van der Waals surface area contributed by atoms with Crippen LogP contribution in [0, 0.1) is 11.7 Å². The quantitative estimate of drug-likeness (QED) is 0.610. The van der Waals surface area contributed by atoms with Crippen molar-refractivity contribution in [3.63, 3.8) is 0 Å². The van der Waals surface area contributed by atoms with Crippen LogP contribution >= 0.6 is 0 Å². The number of halogens is 4. The van der Waals surface area contributed by atoms with Gasteiger partial charge in [0.1, 0.15) is 23.1 Å². The second kappa shape index (κ2) is 8.37. The van der Waals surface area contributed by atoms with Crippen LogP contribution in [0.3, 0.4) is 0 Å². The van der Waals surface area contributed by atoms with E-state index in [1.54, 1.807) is 18.2 Å². The van der Waals surface area contributed by atoms with Crippen molar-refractivity contribution in [2.24, 2.45) is 5.92 Å². The van der Waals surface area contributed by atoms with Gasteiger partial charge in [0.25, 0.3) is 5.91 Å². The van der Waals surface area contributed by atoms with Gasteiger partial charge in [0, 0.05) is 18.5 Å². The number of carbonyl (C=O) groups is 1. The minimum absolute atomic E-state index is 0.0190. The average Bonchev–Trinajstić information content (AvgIpc) is 3.15. The number of hydrogen-bond donors (Lipinski definition) is 1. The summed E-state index contributed by atoms with van der Waals surface area (Å²) in [5.41, 5.74) is 0.297. The molecule has 1 aliphatic rings. The number of nitrogens with zero attached hydrogens (tertiary/aromatic N) is 3. The largest absolute Gasteiger partial charge is 0.457 e. The molecule has 0 aliphatic carbocycles. The summed E-state index contributed by atoms with van der Waals surface area (Å²) >= 11 is 0. The number of benzene rings is 2. The zero-order chi connectivity index (χ0) is 22.0. The summed E-state index contributed by atoms with van der Waals surface area (Å²) in [4.78, 5) is 12.5. The van der Waals surface area contributed by atoms with E-state index in [9.17, 15) is 22.4 Å². The zero-order valence-corrected chi connectivity index (χ0v) is 16.2. The smallest absolute Gasteiger partial charge is 0.393 e. The maximum atomic E-state index is 13.1. The van der Waals surface area contributed by atoms with Gasteiger partial charge in [-0.05, 0) is 48.9 Å². The van der Waals surface area contributed by atoms with E-state index >= 15 is 0 Å². The van der Waals surface area contributed by atoms with Crippen molar-refractivity contribution in [2.45, 2.75) is 32.1 Å². The molecule has 0 unspecified atom stereocenters. The maximum Gasteiger partial charge on any atom is 0.393 e. The van der Waals surface area contributed by atoms with Crippen LogP contribution < -0.4 is 10.1 Å². The Kier molecular flexibility index (Phi) is 5.62. The Labute approximate surface area is 174 Å². The van der Waals surface area contributed by atoms with Gasteiger partial charge in [-0.2, -0.15) is 13.2 Å². The van der Waals surface area contributed by atoms with Gasteiger partial charge in [-0.3, -0.25) is 4.79 Å². The van der Waals surface area contributed by atoms with E-state index in [0.717, 1.165) is 0 Å². The van der Waals surface area contributed by atoms with Gasteiger partial charge < -0.3 is 14.6 Å². The molecule has 0 fully saturated rings. The van der Waals surface area contributed by atoms with Gasteiger partial charge in [0.2, 0.25) is 0 Å². The molecule has 0 saturated heterocycles. The summed E-state index contributed by atoms with van der Waals surface area (Å²) in [5, 5.41) is 10.5. The van der Waals surface area contributed by atoms with Gasteiger partial charge >= 0.3 is 6.18 Å². The lowest BCUT2D eigenvalue weighted by molar-refractivity contribution is -0.182. The molecule has 1 atom stereocenters. The Morgan fingerprint density at radius 3 is 2.65 bits per heavy atom. The molecule has 0 bridgehead atoms. The number of aromatic nitrogens is 3. The zero-order valence-electron chi connectivity index (χ0n) is 16.2. The number of hydrogen-bond acceptors (Lipinski definition) is 4. The van der Waals surface area contributed by atoms with Crippen LogP contribution in [0.1, 0.15) is 28.4 Å². The van der Waals surface area contributed by atoms with Crippen LogP contribution in [0.5, 0.6) is 11.5 Å². The molecule has 6 nitrogen and oxygen atoms in total. The molecule has 2 aromatic carbocycles. The molecule has 2 heterocycles. The first-order valence-electron chi connectivity index (χ1n) is 9.59. The monoisotopic (exact) mass is 434 g/mol. The van der Waals surface area contributed by atoms with Crippen LogP contribution in [-0.2, 0) is 19.5 Å². The fraction of sp³-hybridized carbons (Fsp3) is 0.286. The first-order chi connectivity index (χ1) is 14.8. The summed E-state index contributed by atoms with van der Waals surface area (Å²) < 4.78 is 59.3. The van der Waals surface area contributed by atoms with E-state index in [1.807, 2.05) is 0 Å². The minimum Gasteiger partial charge on any atom is -0.457 e. The number of aryl methyl sites for hydroxylation is 1. The number of alkyl halides is 3. The number of amides is 1. The lowest BCUT2D eigenvalue weighted by atomic mass is 9.99. The highest BCUT2D eigenvalue weighted by Gasteiger charge is 2.42. The molecule has 0 saturated carbocycles. The normalized spacial score (nSPS) is 15.9. The Morgan fingerprint density at radius 1 is 1.13 bits per heavy atom. The number of fused-ring (bicyclic) bond motifs is 1. The SMILES string of the molecule is O=C(NCc1nnc2n1C[C@H](C(F)(F)F)CC2)c1cccc(Oc2ccc(F)cc2)c1.